The molecule has 0 saturated carbocycles. The summed E-state index contributed by atoms with van der Waals surface area (Å²) in [6.07, 6.45) is 0.431. The van der Waals surface area contributed by atoms with E-state index in [1.54, 1.807) is 12.2 Å². The molecule has 0 bridgehead atoms. The van der Waals surface area contributed by atoms with E-state index in [9.17, 15) is 18.4 Å². The molecular weight excluding hydrogens is 338 g/mol. The van der Waals surface area contributed by atoms with Gasteiger partial charge < -0.3 is 10.6 Å². The van der Waals surface area contributed by atoms with Crippen molar-refractivity contribution in [2.75, 3.05) is 6.54 Å². The lowest BCUT2D eigenvalue weighted by Gasteiger charge is -2.17. The monoisotopic (exact) mass is 361 g/mol. The molecule has 0 spiro atoms. The number of hydrogen-bond acceptors (Lipinski definition) is 2. The van der Waals surface area contributed by atoms with Crippen molar-refractivity contribution in [1.29, 1.82) is 0 Å². The van der Waals surface area contributed by atoms with Gasteiger partial charge in [0.1, 0.15) is 6.04 Å². The molecule has 138 valence electrons. The summed E-state index contributed by atoms with van der Waals surface area (Å²) in [6, 6.07) is 12.3. The summed E-state index contributed by atoms with van der Waals surface area (Å²) in [5.74, 6) is -2.21. The van der Waals surface area contributed by atoms with Crippen molar-refractivity contribution in [3.63, 3.8) is 0 Å². The maximum absolute atomic E-state index is 13.3. The Hall–Kier alpha value is -2.60. The first-order chi connectivity index (χ1) is 12.4. The number of Topliss-reactive ketones (excluding diaryl/α,β-unsaturated/α-hetero) is 1. The molecule has 0 aliphatic carbocycles. The predicted molar refractivity (Wildman–Crippen MR) is 94.3 cm³/mol. The zero-order chi connectivity index (χ0) is 19.1. The van der Waals surface area contributed by atoms with Crippen LogP contribution in [0.15, 0.2) is 48.5 Å². The van der Waals surface area contributed by atoms with E-state index in [4.69, 9.17) is 0 Å². The number of carbonyl (C=O) groups is 2. The van der Waals surface area contributed by atoms with E-state index in [2.05, 4.69) is 5.32 Å². The minimum atomic E-state index is -0.910. The number of halogens is 2. The van der Waals surface area contributed by atoms with Crippen molar-refractivity contribution in [2.45, 2.75) is 32.4 Å². The van der Waals surface area contributed by atoms with Gasteiger partial charge in [-0.2, -0.15) is 0 Å². The normalized spacial score (nSPS) is 13.1. The van der Waals surface area contributed by atoms with Crippen LogP contribution in [0.1, 0.15) is 31.0 Å². The number of benzene rings is 2. The van der Waals surface area contributed by atoms with Crippen LogP contribution in [0.4, 0.5) is 8.78 Å². The summed E-state index contributed by atoms with van der Waals surface area (Å²) < 4.78 is 26.3. The highest BCUT2D eigenvalue weighted by molar-refractivity contribution is 5.88. The number of quaternary nitrogens is 1. The van der Waals surface area contributed by atoms with Gasteiger partial charge in [-0.1, -0.05) is 30.3 Å². The topological polar surface area (TPSA) is 62.8 Å². The molecule has 2 atom stereocenters. The Kier molecular flexibility index (Phi) is 6.97. The third kappa shape index (κ3) is 5.74. The van der Waals surface area contributed by atoms with Crippen molar-refractivity contribution in [3.05, 3.63) is 71.3 Å². The maximum Gasteiger partial charge on any atom is 0.275 e. The fourth-order valence-corrected chi connectivity index (χ4v) is 2.61. The third-order valence-corrected chi connectivity index (χ3v) is 4.23. The first kappa shape index (κ1) is 19.7. The Morgan fingerprint density at radius 1 is 1.08 bits per heavy atom. The Morgan fingerprint density at radius 2 is 1.77 bits per heavy atom. The van der Waals surface area contributed by atoms with E-state index in [0.29, 0.717) is 12.0 Å². The minimum absolute atomic E-state index is 0.0821. The Morgan fingerprint density at radius 3 is 2.38 bits per heavy atom. The van der Waals surface area contributed by atoms with Gasteiger partial charge in [-0.15, -0.1) is 0 Å². The summed E-state index contributed by atoms with van der Waals surface area (Å²) in [7, 11) is 0. The molecule has 2 aromatic carbocycles. The van der Waals surface area contributed by atoms with Crippen molar-refractivity contribution >= 4 is 11.7 Å². The van der Waals surface area contributed by atoms with Gasteiger partial charge >= 0.3 is 0 Å². The molecule has 0 heterocycles. The number of carbonyl (C=O) groups excluding carboxylic acids is 2. The van der Waals surface area contributed by atoms with Gasteiger partial charge in [0.05, 0.1) is 6.04 Å². The zero-order valence-electron chi connectivity index (χ0n) is 14.8. The lowest BCUT2D eigenvalue weighted by atomic mass is 10.0. The average Bonchev–Trinajstić information content (AvgIpc) is 2.62. The standard InChI is InChI=1S/C20H22F2N2O2/c1-13(16-8-9-17(21)18(22)11-16)23-12-20(26)24-19(14(2)25)10-15-6-4-3-5-7-15/h3-9,11,13,19,23H,10,12H2,1-2H3,(H,24,26)/p+1/t13-,19+/m0/s1. The minimum Gasteiger partial charge on any atom is -0.341 e. The highest BCUT2D eigenvalue weighted by Gasteiger charge is 2.19. The van der Waals surface area contributed by atoms with Crippen LogP contribution in [0.2, 0.25) is 0 Å². The van der Waals surface area contributed by atoms with E-state index in [-0.39, 0.29) is 24.3 Å². The van der Waals surface area contributed by atoms with Gasteiger partial charge in [0.15, 0.2) is 24.0 Å². The average molecular weight is 361 g/mol. The van der Waals surface area contributed by atoms with E-state index in [1.807, 2.05) is 30.3 Å². The number of amides is 1. The van der Waals surface area contributed by atoms with Crippen LogP contribution in [0, 0.1) is 11.6 Å². The number of nitrogens with two attached hydrogens (primary N) is 1. The third-order valence-electron chi connectivity index (χ3n) is 4.23. The van der Waals surface area contributed by atoms with Crippen LogP contribution in [0.25, 0.3) is 0 Å². The highest BCUT2D eigenvalue weighted by atomic mass is 19.2. The van der Waals surface area contributed by atoms with Crippen LogP contribution in [-0.4, -0.2) is 24.3 Å². The predicted octanol–water partition coefficient (Wildman–Crippen LogP) is 1.91. The van der Waals surface area contributed by atoms with Gasteiger partial charge in [0.2, 0.25) is 0 Å². The molecule has 0 radical (unpaired) electrons. The lowest BCUT2D eigenvalue weighted by Crippen LogP contribution is -2.87. The van der Waals surface area contributed by atoms with E-state index >= 15 is 0 Å². The maximum atomic E-state index is 13.3. The number of rotatable bonds is 8. The fourth-order valence-electron chi connectivity index (χ4n) is 2.61. The van der Waals surface area contributed by atoms with Crippen LogP contribution in [-0.2, 0) is 16.0 Å². The molecule has 2 aromatic rings. The molecule has 0 fully saturated rings. The molecule has 26 heavy (non-hydrogen) atoms. The second-order valence-corrected chi connectivity index (χ2v) is 6.32. The molecule has 0 aliphatic heterocycles. The summed E-state index contributed by atoms with van der Waals surface area (Å²) in [4.78, 5) is 24.0. The second kappa shape index (κ2) is 9.20. The van der Waals surface area contributed by atoms with Crippen molar-refractivity contribution in [2.24, 2.45) is 0 Å². The number of hydrogen-bond donors (Lipinski definition) is 2. The van der Waals surface area contributed by atoms with Crippen LogP contribution < -0.4 is 10.6 Å². The molecule has 6 heteroatoms. The SMILES string of the molecule is CC(=O)[C@@H](Cc1ccccc1)NC(=O)C[NH2+][C@@H](C)c1ccc(F)c(F)c1. The first-order valence-corrected chi connectivity index (χ1v) is 8.49. The van der Waals surface area contributed by atoms with Gasteiger partial charge in [0.25, 0.3) is 5.91 Å². The summed E-state index contributed by atoms with van der Waals surface area (Å²) in [5, 5.41) is 4.45. The van der Waals surface area contributed by atoms with E-state index in [0.717, 1.165) is 17.7 Å². The summed E-state index contributed by atoms with van der Waals surface area (Å²) in [5.41, 5.74) is 1.55. The quantitative estimate of drug-likeness (QED) is 0.754. The molecule has 4 nitrogen and oxygen atoms in total. The Labute approximate surface area is 151 Å². The van der Waals surface area contributed by atoms with Crippen LogP contribution in [0.3, 0.4) is 0 Å². The summed E-state index contributed by atoms with van der Waals surface area (Å²) >= 11 is 0. The molecular formula is C20H23F2N2O2+. The summed E-state index contributed by atoms with van der Waals surface area (Å²) in [6.45, 7) is 3.33. The Bertz CT molecular complexity index is 766. The number of ketones is 1. The molecule has 0 aromatic heterocycles. The van der Waals surface area contributed by atoms with E-state index in [1.165, 1.54) is 13.0 Å². The van der Waals surface area contributed by atoms with Crippen molar-refractivity contribution in [1.82, 2.24) is 5.32 Å². The highest BCUT2D eigenvalue weighted by Crippen LogP contribution is 2.13. The number of nitrogens with one attached hydrogen (secondary N) is 1. The van der Waals surface area contributed by atoms with Gasteiger partial charge in [-0.3, -0.25) is 9.59 Å². The fraction of sp³-hybridized carbons (Fsp3) is 0.300. The van der Waals surface area contributed by atoms with Crippen molar-refractivity contribution < 1.29 is 23.7 Å². The van der Waals surface area contributed by atoms with Gasteiger partial charge in [0, 0.05) is 5.56 Å². The van der Waals surface area contributed by atoms with Gasteiger partial charge in [-0.25, -0.2) is 8.78 Å². The molecule has 0 unspecified atom stereocenters. The van der Waals surface area contributed by atoms with Crippen LogP contribution in [0.5, 0.6) is 0 Å². The van der Waals surface area contributed by atoms with Gasteiger partial charge in [-0.05, 0) is 44.0 Å². The molecule has 1 amide bonds. The lowest BCUT2D eigenvalue weighted by molar-refractivity contribution is -0.682. The zero-order valence-corrected chi connectivity index (χ0v) is 14.8. The Balaban J connectivity index is 1.89. The first-order valence-electron chi connectivity index (χ1n) is 8.49. The molecule has 2 rings (SSSR count). The van der Waals surface area contributed by atoms with E-state index < -0.39 is 17.7 Å². The molecule has 3 N–H and O–H groups in total. The van der Waals surface area contributed by atoms with Crippen LogP contribution >= 0.6 is 0 Å². The largest absolute Gasteiger partial charge is 0.341 e. The smallest absolute Gasteiger partial charge is 0.275 e. The molecule has 0 aliphatic rings. The second-order valence-electron chi connectivity index (χ2n) is 6.32. The molecule has 0 saturated heterocycles. The van der Waals surface area contributed by atoms with Crippen molar-refractivity contribution in [3.8, 4) is 0 Å².